The number of nitrogens with zero attached hydrogens (tertiary/aromatic N) is 4. The largest absolute Gasteiger partial charge is 0.777 e. The molecule has 3 atom stereocenters. The van der Waals surface area contributed by atoms with Crippen LogP contribution >= 0.6 is 15.4 Å². The Morgan fingerprint density at radius 3 is 2.07 bits per heavy atom. The van der Waals surface area contributed by atoms with Crippen molar-refractivity contribution in [2.75, 3.05) is 38.5 Å². The fourth-order valence-electron chi connectivity index (χ4n) is 4.65. The lowest BCUT2D eigenvalue weighted by molar-refractivity contribution is -0.234. The maximum absolute atomic E-state index is 12.2. The molecule has 0 saturated heterocycles. The average Bonchev–Trinajstić information content (AvgIpc) is 3.39. The highest BCUT2D eigenvalue weighted by molar-refractivity contribution is 7.62. The second-order valence-corrected chi connectivity index (χ2v) is 14.2. The summed E-state index contributed by atoms with van der Waals surface area (Å²) in [5, 5.41) is 9.61. The molecule has 0 aliphatic rings. The number of nitrogen functional groups attached to an aromatic ring is 1. The van der Waals surface area contributed by atoms with E-state index in [-0.39, 0.29) is 32.0 Å². The molecule has 0 fully saturated rings. The van der Waals surface area contributed by atoms with E-state index in [0.717, 1.165) is 12.8 Å². The van der Waals surface area contributed by atoms with Gasteiger partial charge >= 0.3 is 0 Å². The third-order valence-electron chi connectivity index (χ3n) is 7.05. The summed E-state index contributed by atoms with van der Waals surface area (Å²) in [4.78, 5) is 36.2. The normalized spacial score (nSPS) is 15.4. The molecule has 44 heavy (non-hydrogen) atoms. The fourth-order valence-corrected chi connectivity index (χ4v) is 6.99. The first kappa shape index (κ1) is 38.7. The number of ether oxygens (including phenoxy) is 2. The van der Waals surface area contributed by atoms with Crippen molar-refractivity contribution in [3.05, 3.63) is 12.7 Å². The quantitative estimate of drug-likeness (QED) is 0.0937. The molecule has 2 rings (SSSR count). The number of phosphoric acid groups is 1. The van der Waals surface area contributed by atoms with Crippen LogP contribution in [-0.2, 0) is 34.0 Å². The van der Waals surface area contributed by atoms with E-state index in [1.54, 1.807) is 0 Å². The van der Waals surface area contributed by atoms with Crippen molar-refractivity contribution in [2.45, 2.75) is 116 Å². The Labute approximate surface area is 261 Å². The molecule has 0 saturated carbocycles. The van der Waals surface area contributed by atoms with Gasteiger partial charge in [-0.3, -0.25) is 8.88 Å². The van der Waals surface area contributed by atoms with Gasteiger partial charge in [0.2, 0.25) is 0 Å². The molecule has 0 aliphatic heterocycles. The summed E-state index contributed by atoms with van der Waals surface area (Å²) in [5.74, 6) is 0.162. The molecule has 2 aromatic heterocycles. The van der Waals surface area contributed by atoms with Crippen LogP contribution in [0.4, 0.5) is 5.82 Å². The van der Waals surface area contributed by atoms with Crippen LogP contribution in [0.2, 0.25) is 0 Å². The van der Waals surface area contributed by atoms with Crippen LogP contribution in [-0.4, -0.2) is 63.5 Å². The Morgan fingerprint density at radius 1 is 0.864 bits per heavy atom. The number of aromatic nitrogens is 4. The summed E-state index contributed by atoms with van der Waals surface area (Å²) in [7, 11) is -10.1. The van der Waals surface area contributed by atoms with Crippen molar-refractivity contribution in [3.8, 4) is 0 Å². The van der Waals surface area contributed by atoms with Gasteiger partial charge in [-0.25, -0.2) is 15.0 Å². The first-order valence-electron chi connectivity index (χ1n) is 15.9. The number of anilines is 1. The zero-order valence-electron chi connectivity index (χ0n) is 26.1. The van der Waals surface area contributed by atoms with Crippen molar-refractivity contribution in [1.29, 1.82) is 0 Å². The molecule has 0 spiro atoms. The SMILES string of the molecule is CCCCCCCCCCCCCCCCOCCCOP(=O)([O-])OP(=O)([O-])CO[C@H](CO)Cn1cnc2c(N)ncnc21. The molecule has 3 N–H and O–H groups in total. The van der Waals surface area contributed by atoms with Crippen LogP contribution < -0.4 is 15.5 Å². The molecular weight excluding hydrogens is 612 g/mol. The molecule has 0 bridgehead atoms. The van der Waals surface area contributed by atoms with Crippen molar-refractivity contribution >= 4 is 32.4 Å². The number of unbranched alkanes of at least 4 members (excludes halogenated alkanes) is 13. The minimum Gasteiger partial charge on any atom is -0.777 e. The van der Waals surface area contributed by atoms with Gasteiger partial charge in [-0.2, -0.15) is 0 Å². The molecule has 0 amide bonds. The van der Waals surface area contributed by atoms with Crippen LogP contribution in [0.5, 0.6) is 0 Å². The van der Waals surface area contributed by atoms with Gasteiger partial charge in [0, 0.05) is 13.2 Å². The standard InChI is InChI=1S/C28H53N5O9P2/c1-2-3-4-5-6-7-8-9-10-11-12-13-14-15-17-39-18-16-19-41-44(37,38)42-43(35,36)24-40-25(21-34)20-33-23-32-26-27(29)30-22-31-28(26)33/h22-23,25,34H,2-21,24H2,1H3,(H,35,36)(H,37,38)(H2,29,30,31)/p-2/t25-/m0/s1. The first-order chi connectivity index (χ1) is 21.2. The number of nitrogens with two attached hydrogens (primary N) is 1. The van der Waals surface area contributed by atoms with Gasteiger partial charge < -0.3 is 43.8 Å². The third-order valence-corrected chi connectivity index (χ3v) is 9.81. The summed E-state index contributed by atoms with van der Waals surface area (Å²) in [6.07, 6.45) is 18.7. The van der Waals surface area contributed by atoms with E-state index in [1.807, 2.05) is 0 Å². The van der Waals surface area contributed by atoms with Crippen molar-refractivity contribution in [3.63, 3.8) is 0 Å². The van der Waals surface area contributed by atoms with Crippen LogP contribution in [0, 0.1) is 0 Å². The average molecular weight is 664 g/mol. The number of hydrogen-bond donors (Lipinski definition) is 2. The summed E-state index contributed by atoms with van der Waals surface area (Å²) < 4.78 is 45.3. The van der Waals surface area contributed by atoms with Gasteiger partial charge in [0.1, 0.15) is 18.2 Å². The highest BCUT2D eigenvalue weighted by Gasteiger charge is 2.22. The predicted octanol–water partition coefficient (Wildman–Crippen LogP) is 4.69. The van der Waals surface area contributed by atoms with Crippen LogP contribution in [0.15, 0.2) is 12.7 Å². The summed E-state index contributed by atoms with van der Waals surface area (Å²) in [6, 6.07) is 0. The molecule has 2 heterocycles. The molecule has 0 aliphatic carbocycles. The minimum atomic E-state index is -5.14. The molecule has 16 heteroatoms. The highest BCUT2D eigenvalue weighted by Crippen LogP contribution is 2.55. The Kier molecular flexibility index (Phi) is 19.5. The zero-order valence-corrected chi connectivity index (χ0v) is 27.8. The van der Waals surface area contributed by atoms with Crippen molar-refractivity contribution < 1.29 is 42.3 Å². The Morgan fingerprint density at radius 2 is 1.45 bits per heavy atom. The van der Waals surface area contributed by atoms with Crippen molar-refractivity contribution in [2.24, 2.45) is 0 Å². The molecular formula is C28H51N5O9P2-2. The number of hydrogen-bond acceptors (Lipinski definition) is 13. The first-order valence-corrected chi connectivity index (χ1v) is 19.0. The summed E-state index contributed by atoms with van der Waals surface area (Å²) in [5.41, 5.74) is 6.45. The molecule has 2 aromatic rings. The van der Waals surface area contributed by atoms with Gasteiger partial charge in [0.05, 0.1) is 32.2 Å². The number of fused-ring (bicyclic) bond motifs is 1. The lowest BCUT2D eigenvalue weighted by Crippen LogP contribution is -2.26. The molecule has 14 nitrogen and oxygen atoms in total. The van der Waals surface area contributed by atoms with Crippen LogP contribution in [0.1, 0.15) is 103 Å². The predicted molar refractivity (Wildman–Crippen MR) is 165 cm³/mol. The second kappa shape index (κ2) is 22.1. The Hall–Kier alpha value is -1.47. The highest BCUT2D eigenvalue weighted by atomic mass is 31.3. The molecule has 0 radical (unpaired) electrons. The maximum atomic E-state index is 12.2. The van der Waals surface area contributed by atoms with E-state index < -0.39 is 34.5 Å². The van der Waals surface area contributed by atoms with Gasteiger partial charge in [-0.05, 0) is 12.8 Å². The van der Waals surface area contributed by atoms with Crippen LogP contribution in [0.3, 0.4) is 0 Å². The number of phosphoric ester groups is 1. The zero-order chi connectivity index (χ0) is 32.1. The maximum Gasteiger partial charge on any atom is 0.272 e. The van der Waals surface area contributed by atoms with Gasteiger partial charge in [-0.1, -0.05) is 90.4 Å². The third kappa shape index (κ3) is 16.7. The topological polar surface area (TPSA) is 207 Å². The molecule has 2 unspecified atom stereocenters. The van der Waals surface area contributed by atoms with Gasteiger partial charge in [0.15, 0.2) is 19.1 Å². The summed E-state index contributed by atoms with van der Waals surface area (Å²) >= 11 is 0. The number of rotatable bonds is 28. The number of aliphatic hydroxyl groups is 1. The van der Waals surface area contributed by atoms with Gasteiger partial charge in [-0.15, -0.1) is 0 Å². The van der Waals surface area contributed by atoms with E-state index in [4.69, 9.17) is 15.2 Å². The molecule has 254 valence electrons. The smallest absolute Gasteiger partial charge is 0.272 e. The van der Waals surface area contributed by atoms with Crippen molar-refractivity contribution in [1.82, 2.24) is 19.5 Å². The Bertz CT molecular complexity index is 1140. The van der Waals surface area contributed by atoms with Gasteiger partial charge in [0.25, 0.3) is 7.82 Å². The lowest BCUT2D eigenvalue weighted by Gasteiger charge is -2.31. The number of imidazole rings is 1. The van der Waals surface area contributed by atoms with E-state index in [9.17, 15) is 24.0 Å². The number of aliphatic hydroxyl groups excluding tert-OH is 1. The fraction of sp³-hybridized carbons (Fsp3) is 0.821. The molecule has 0 aromatic carbocycles. The van der Waals surface area contributed by atoms with E-state index >= 15 is 0 Å². The minimum absolute atomic E-state index is 0.0334. The monoisotopic (exact) mass is 663 g/mol. The van der Waals surface area contributed by atoms with E-state index in [2.05, 4.69) is 30.7 Å². The van der Waals surface area contributed by atoms with Crippen LogP contribution in [0.25, 0.3) is 11.2 Å². The Balaban J connectivity index is 1.48. The lowest BCUT2D eigenvalue weighted by atomic mass is 10.0. The second-order valence-electron chi connectivity index (χ2n) is 11.0. The summed E-state index contributed by atoms with van der Waals surface area (Å²) in [6.45, 7) is 2.24. The van der Waals surface area contributed by atoms with E-state index in [1.165, 1.54) is 94.3 Å². The van der Waals surface area contributed by atoms with E-state index in [0.29, 0.717) is 17.8 Å².